The Bertz CT molecular complexity index is 1300. The Balaban J connectivity index is 1.47. The first-order valence-corrected chi connectivity index (χ1v) is 14.6. The highest BCUT2D eigenvalue weighted by molar-refractivity contribution is 6.31. The largest absolute Gasteiger partial charge is 0.462 e. The SMILES string of the molecule is C=CC(=O)N1CCN(c2nc(OC[C@@H]3CCCN3C)nc3c2CCN(c2cccc(Cl)c2CC)C3)C[C@@H]1CC#N. The van der Waals surface area contributed by atoms with Crippen molar-refractivity contribution in [3.63, 3.8) is 0 Å². The van der Waals surface area contributed by atoms with Crippen LogP contribution >= 0.6 is 11.6 Å². The van der Waals surface area contributed by atoms with Gasteiger partial charge in [0.2, 0.25) is 5.91 Å². The van der Waals surface area contributed by atoms with Crippen LogP contribution in [0.25, 0.3) is 0 Å². The number of aromatic nitrogens is 2. The Morgan fingerprint density at radius 1 is 1.23 bits per heavy atom. The average Bonchev–Trinajstić information content (AvgIpc) is 3.39. The van der Waals surface area contributed by atoms with Gasteiger partial charge in [-0.25, -0.2) is 0 Å². The number of carbonyl (C=O) groups excluding carboxylic acids is 1. The lowest BCUT2D eigenvalue weighted by atomic mass is 10.0. The molecule has 0 radical (unpaired) electrons. The highest BCUT2D eigenvalue weighted by atomic mass is 35.5. The van der Waals surface area contributed by atoms with Crippen LogP contribution in [0.3, 0.4) is 0 Å². The summed E-state index contributed by atoms with van der Waals surface area (Å²) in [6.45, 7) is 10.5. The highest BCUT2D eigenvalue weighted by Gasteiger charge is 2.33. The van der Waals surface area contributed by atoms with E-state index in [1.165, 1.54) is 12.5 Å². The van der Waals surface area contributed by atoms with Crippen molar-refractivity contribution in [3.8, 4) is 12.1 Å². The van der Waals surface area contributed by atoms with Gasteiger partial charge in [-0.15, -0.1) is 0 Å². The summed E-state index contributed by atoms with van der Waals surface area (Å²) >= 11 is 6.56. The zero-order valence-electron chi connectivity index (χ0n) is 23.5. The van der Waals surface area contributed by atoms with Crippen LogP contribution in [-0.2, 0) is 24.2 Å². The molecule has 1 amide bonds. The molecule has 0 N–H and O–H groups in total. The fraction of sp³-hybridized carbons (Fsp3) is 0.533. The maximum absolute atomic E-state index is 12.5. The third-order valence-electron chi connectivity index (χ3n) is 8.45. The molecule has 9 nitrogen and oxygen atoms in total. The third kappa shape index (κ3) is 5.74. The van der Waals surface area contributed by atoms with Gasteiger partial charge in [-0.1, -0.05) is 31.2 Å². The number of halogens is 1. The summed E-state index contributed by atoms with van der Waals surface area (Å²) in [7, 11) is 2.13. The van der Waals surface area contributed by atoms with E-state index in [0.717, 1.165) is 65.7 Å². The van der Waals surface area contributed by atoms with Crippen LogP contribution in [0.4, 0.5) is 11.5 Å². The van der Waals surface area contributed by atoms with Crippen molar-refractivity contribution in [2.45, 2.75) is 57.7 Å². The molecule has 0 unspecified atom stereocenters. The molecule has 0 aliphatic carbocycles. The van der Waals surface area contributed by atoms with Crippen LogP contribution < -0.4 is 14.5 Å². The molecule has 3 aliphatic heterocycles. The zero-order chi connectivity index (χ0) is 28.2. The molecule has 0 bridgehead atoms. The normalized spacial score (nSPS) is 21.2. The van der Waals surface area contributed by atoms with Crippen LogP contribution in [-0.4, -0.2) is 84.1 Å². The van der Waals surface area contributed by atoms with Crippen molar-refractivity contribution in [2.24, 2.45) is 0 Å². The molecule has 40 heavy (non-hydrogen) atoms. The van der Waals surface area contributed by atoms with E-state index in [1.54, 1.807) is 4.90 Å². The monoisotopic (exact) mass is 563 g/mol. The molecule has 0 spiro atoms. The van der Waals surface area contributed by atoms with Gasteiger partial charge in [0.15, 0.2) is 0 Å². The summed E-state index contributed by atoms with van der Waals surface area (Å²) < 4.78 is 6.25. The molecular formula is C30H38ClN7O2. The summed E-state index contributed by atoms with van der Waals surface area (Å²) in [5.41, 5.74) is 4.35. The molecule has 3 aliphatic rings. The molecule has 2 aromatic rings. The molecule has 4 heterocycles. The summed E-state index contributed by atoms with van der Waals surface area (Å²) in [5, 5.41) is 10.3. The van der Waals surface area contributed by atoms with Crippen molar-refractivity contribution in [1.29, 1.82) is 5.26 Å². The van der Waals surface area contributed by atoms with Gasteiger partial charge in [-0.3, -0.25) is 4.79 Å². The van der Waals surface area contributed by atoms with E-state index < -0.39 is 0 Å². The summed E-state index contributed by atoms with van der Waals surface area (Å²) in [5.74, 6) is 0.716. The van der Waals surface area contributed by atoms with E-state index in [4.69, 9.17) is 26.3 Å². The van der Waals surface area contributed by atoms with Gasteiger partial charge in [0.25, 0.3) is 0 Å². The van der Waals surface area contributed by atoms with Gasteiger partial charge in [0.05, 0.1) is 30.8 Å². The second-order valence-electron chi connectivity index (χ2n) is 10.8. The average molecular weight is 564 g/mol. The van der Waals surface area contributed by atoms with E-state index in [0.29, 0.717) is 44.8 Å². The third-order valence-corrected chi connectivity index (χ3v) is 8.81. The molecule has 2 saturated heterocycles. The number of ether oxygens (including phenoxy) is 1. The number of rotatable bonds is 8. The summed E-state index contributed by atoms with van der Waals surface area (Å²) in [4.78, 5) is 31.0. The molecule has 2 fully saturated rings. The number of benzene rings is 1. The number of anilines is 2. The van der Waals surface area contributed by atoms with Gasteiger partial charge in [-0.05, 0) is 63.0 Å². The van der Waals surface area contributed by atoms with Crippen molar-refractivity contribution < 1.29 is 9.53 Å². The van der Waals surface area contributed by atoms with Gasteiger partial charge < -0.3 is 24.3 Å². The summed E-state index contributed by atoms with van der Waals surface area (Å²) in [6.07, 6.45) is 5.48. The Morgan fingerprint density at radius 2 is 2.08 bits per heavy atom. The van der Waals surface area contributed by atoms with Gasteiger partial charge in [-0.2, -0.15) is 15.2 Å². The standard InChI is InChI=1S/C30H38ClN7O2/c1-4-23-25(31)9-6-10-27(23)36-15-12-24-26(19-36)33-30(40-20-22-8-7-14-35(22)3)34-29(24)37-16-17-38(28(39)5-2)21(18-37)11-13-32/h5-6,9-10,21-22H,2,4,7-8,11-12,14-20H2,1,3H3/t21-,22-/m0/s1. The Hall–Kier alpha value is -3.35. The van der Waals surface area contributed by atoms with Crippen molar-refractivity contribution in [2.75, 3.05) is 56.2 Å². The van der Waals surface area contributed by atoms with E-state index in [-0.39, 0.29) is 18.4 Å². The predicted molar refractivity (Wildman–Crippen MR) is 157 cm³/mol. The van der Waals surface area contributed by atoms with E-state index in [1.807, 2.05) is 12.1 Å². The Labute approximate surface area is 242 Å². The first-order chi connectivity index (χ1) is 19.4. The second-order valence-corrected chi connectivity index (χ2v) is 11.2. The number of fused-ring (bicyclic) bond motifs is 1. The van der Waals surface area contributed by atoms with Crippen molar-refractivity contribution >= 4 is 29.0 Å². The molecule has 5 rings (SSSR count). The smallest absolute Gasteiger partial charge is 0.318 e. The molecule has 1 aromatic carbocycles. The number of amides is 1. The van der Waals surface area contributed by atoms with E-state index in [2.05, 4.69) is 47.4 Å². The number of nitrogens with zero attached hydrogens (tertiary/aromatic N) is 7. The van der Waals surface area contributed by atoms with E-state index in [9.17, 15) is 10.1 Å². The predicted octanol–water partition coefficient (Wildman–Crippen LogP) is 3.84. The topological polar surface area (TPSA) is 88.8 Å². The number of likely N-dealkylation sites (N-methyl/N-ethyl adjacent to an activating group) is 1. The lowest BCUT2D eigenvalue weighted by Gasteiger charge is -2.42. The van der Waals surface area contributed by atoms with Gasteiger partial charge in [0.1, 0.15) is 12.4 Å². The van der Waals surface area contributed by atoms with Crippen LogP contribution in [0, 0.1) is 11.3 Å². The molecule has 212 valence electrons. The first-order valence-electron chi connectivity index (χ1n) is 14.2. The highest BCUT2D eigenvalue weighted by Crippen LogP contribution is 2.35. The van der Waals surface area contributed by atoms with Gasteiger partial charge >= 0.3 is 6.01 Å². The molecule has 2 atom stereocenters. The zero-order valence-corrected chi connectivity index (χ0v) is 24.2. The fourth-order valence-corrected chi connectivity index (χ4v) is 6.51. The Kier molecular flexibility index (Phi) is 8.77. The molecule has 0 saturated carbocycles. The first kappa shape index (κ1) is 28.2. The van der Waals surface area contributed by atoms with Crippen LogP contribution in [0.5, 0.6) is 6.01 Å². The molecular weight excluding hydrogens is 526 g/mol. The van der Waals surface area contributed by atoms with Gasteiger partial charge in [0, 0.05) is 48.5 Å². The molecule has 10 heteroatoms. The maximum atomic E-state index is 12.5. The maximum Gasteiger partial charge on any atom is 0.318 e. The second kappa shape index (κ2) is 12.4. The minimum absolute atomic E-state index is 0.141. The summed E-state index contributed by atoms with van der Waals surface area (Å²) in [6, 6.07) is 8.85. The number of hydrogen-bond donors (Lipinski definition) is 0. The fourth-order valence-electron chi connectivity index (χ4n) is 6.21. The Morgan fingerprint density at radius 3 is 2.80 bits per heavy atom. The number of hydrogen-bond acceptors (Lipinski definition) is 8. The lowest BCUT2D eigenvalue weighted by Crippen LogP contribution is -2.55. The quantitative estimate of drug-likeness (QED) is 0.448. The number of nitriles is 1. The van der Waals surface area contributed by atoms with Crippen LogP contribution in [0.15, 0.2) is 30.9 Å². The number of carbonyl (C=O) groups is 1. The number of piperazine rings is 1. The minimum Gasteiger partial charge on any atom is -0.462 e. The molecule has 1 aromatic heterocycles. The minimum atomic E-state index is -0.231. The van der Waals surface area contributed by atoms with Crippen LogP contribution in [0.1, 0.15) is 43.0 Å². The van der Waals surface area contributed by atoms with E-state index >= 15 is 0 Å². The van der Waals surface area contributed by atoms with Crippen molar-refractivity contribution in [3.05, 3.63) is 52.7 Å². The number of likely N-dealkylation sites (tertiary alicyclic amines) is 1. The lowest BCUT2D eigenvalue weighted by molar-refractivity contribution is -0.128. The van der Waals surface area contributed by atoms with Crippen molar-refractivity contribution in [1.82, 2.24) is 19.8 Å². The van der Waals surface area contributed by atoms with Crippen LogP contribution in [0.2, 0.25) is 5.02 Å².